The van der Waals surface area contributed by atoms with Gasteiger partial charge in [-0.15, -0.1) is 22.7 Å². The van der Waals surface area contributed by atoms with E-state index in [4.69, 9.17) is 0 Å². The fourth-order valence-electron chi connectivity index (χ4n) is 3.24. The highest BCUT2D eigenvalue weighted by Gasteiger charge is 2.31. The summed E-state index contributed by atoms with van der Waals surface area (Å²) in [6.07, 6.45) is 2.02. The van der Waals surface area contributed by atoms with Crippen molar-refractivity contribution in [3.05, 3.63) is 69.7 Å². The molecule has 7 heteroatoms. The van der Waals surface area contributed by atoms with Crippen LogP contribution in [-0.2, 0) is 0 Å². The Labute approximate surface area is 165 Å². The topological polar surface area (TPSA) is 61.4 Å². The van der Waals surface area contributed by atoms with Crippen molar-refractivity contribution in [1.29, 1.82) is 0 Å². The molecule has 2 N–H and O–H groups in total. The van der Waals surface area contributed by atoms with Crippen LogP contribution in [0.3, 0.4) is 0 Å². The lowest BCUT2D eigenvalue weighted by Crippen LogP contribution is -2.29. The van der Waals surface area contributed by atoms with Gasteiger partial charge in [0.25, 0.3) is 5.91 Å². The van der Waals surface area contributed by atoms with Crippen LogP contribution in [0, 0.1) is 0 Å². The summed E-state index contributed by atoms with van der Waals surface area (Å²) in [4.78, 5) is 28.9. The van der Waals surface area contributed by atoms with Crippen molar-refractivity contribution < 1.29 is 9.59 Å². The number of carbonyl (C=O) groups excluding carboxylic acids is 2. The predicted octanol–water partition coefficient (Wildman–Crippen LogP) is 5.43. The molecule has 2 aromatic heterocycles. The molecule has 0 aliphatic carbocycles. The zero-order chi connectivity index (χ0) is 18.6. The van der Waals surface area contributed by atoms with Crippen molar-refractivity contribution >= 4 is 45.3 Å². The molecule has 0 spiro atoms. The highest BCUT2D eigenvalue weighted by molar-refractivity contribution is 7.18. The van der Waals surface area contributed by atoms with Crippen molar-refractivity contribution in [2.24, 2.45) is 0 Å². The van der Waals surface area contributed by atoms with Gasteiger partial charge in [-0.3, -0.25) is 10.1 Å². The van der Waals surface area contributed by atoms with Crippen LogP contribution < -0.4 is 10.6 Å². The molecular weight excluding hydrogens is 378 g/mol. The molecule has 27 heavy (non-hydrogen) atoms. The lowest BCUT2D eigenvalue weighted by molar-refractivity contribution is 0.0743. The fourth-order valence-corrected chi connectivity index (χ4v) is 4.97. The first-order valence-corrected chi connectivity index (χ1v) is 10.5. The van der Waals surface area contributed by atoms with Crippen LogP contribution in [0.15, 0.2) is 60.0 Å². The quantitative estimate of drug-likeness (QED) is 0.616. The van der Waals surface area contributed by atoms with E-state index in [0.29, 0.717) is 9.88 Å². The lowest BCUT2D eigenvalue weighted by Gasteiger charge is -2.23. The van der Waals surface area contributed by atoms with Crippen LogP contribution in [0.25, 0.3) is 0 Å². The minimum atomic E-state index is -0.320. The Balaban J connectivity index is 1.41. The minimum Gasteiger partial charge on any atom is -0.330 e. The number of likely N-dealkylation sites (tertiary alicyclic amines) is 1. The second kappa shape index (κ2) is 7.94. The van der Waals surface area contributed by atoms with E-state index >= 15 is 0 Å². The van der Waals surface area contributed by atoms with E-state index in [1.165, 1.54) is 16.2 Å². The number of hydrogen-bond donors (Lipinski definition) is 2. The normalized spacial score (nSPS) is 16.3. The van der Waals surface area contributed by atoms with Crippen LogP contribution in [0.5, 0.6) is 0 Å². The Hall–Kier alpha value is -2.64. The number of anilines is 2. The van der Waals surface area contributed by atoms with Crippen molar-refractivity contribution in [1.82, 2.24) is 4.90 Å². The number of amides is 3. The van der Waals surface area contributed by atoms with Gasteiger partial charge >= 0.3 is 6.03 Å². The molecule has 4 rings (SSSR count). The molecule has 3 heterocycles. The van der Waals surface area contributed by atoms with Gasteiger partial charge in [-0.2, -0.15) is 0 Å². The minimum absolute atomic E-state index is 0.0346. The second-order valence-corrected chi connectivity index (χ2v) is 8.34. The number of urea groups is 1. The largest absolute Gasteiger partial charge is 0.330 e. The van der Waals surface area contributed by atoms with E-state index < -0.39 is 0 Å². The predicted molar refractivity (Wildman–Crippen MR) is 111 cm³/mol. The van der Waals surface area contributed by atoms with Gasteiger partial charge < -0.3 is 10.2 Å². The maximum Gasteiger partial charge on any atom is 0.324 e. The van der Waals surface area contributed by atoms with Crippen molar-refractivity contribution in [2.45, 2.75) is 18.9 Å². The molecule has 0 bridgehead atoms. The monoisotopic (exact) mass is 397 g/mol. The molecule has 138 valence electrons. The van der Waals surface area contributed by atoms with Crippen LogP contribution in [0.1, 0.15) is 33.4 Å². The molecule has 3 aromatic rings. The van der Waals surface area contributed by atoms with Gasteiger partial charge in [-0.25, -0.2) is 4.79 Å². The Morgan fingerprint density at radius 1 is 1.00 bits per heavy atom. The molecule has 5 nitrogen and oxygen atoms in total. The number of hydrogen-bond acceptors (Lipinski definition) is 4. The van der Waals surface area contributed by atoms with Crippen LogP contribution >= 0.6 is 22.7 Å². The second-order valence-electron chi connectivity index (χ2n) is 6.28. The van der Waals surface area contributed by atoms with Crippen molar-refractivity contribution in [3.63, 3.8) is 0 Å². The van der Waals surface area contributed by atoms with E-state index in [2.05, 4.69) is 22.1 Å². The number of thiophene rings is 2. The molecule has 1 fully saturated rings. The molecule has 3 amide bonds. The molecule has 1 aliphatic rings. The molecule has 1 saturated heterocycles. The molecular formula is C20H19N3O2S2. The van der Waals surface area contributed by atoms with Gasteiger partial charge in [0, 0.05) is 17.1 Å². The van der Waals surface area contributed by atoms with Gasteiger partial charge in [0.1, 0.15) is 0 Å². The van der Waals surface area contributed by atoms with Crippen LogP contribution in [-0.4, -0.2) is 23.4 Å². The summed E-state index contributed by atoms with van der Waals surface area (Å²) in [5, 5.41) is 8.27. The van der Waals surface area contributed by atoms with Gasteiger partial charge in [0.15, 0.2) is 0 Å². The van der Waals surface area contributed by atoms with Gasteiger partial charge in [-0.05, 0) is 48.6 Å². The fraction of sp³-hybridized carbons (Fsp3) is 0.200. The molecule has 0 saturated carbocycles. The highest BCUT2D eigenvalue weighted by Crippen LogP contribution is 2.36. The summed E-state index contributed by atoms with van der Waals surface area (Å²) >= 11 is 3.00. The molecule has 1 atom stereocenters. The number of nitrogens with one attached hydrogen (secondary N) is 2. The Morgan fingerprint density at radius 3 is 2.63 bits per heavy atom. The van der Waals surface area contributed by atoms with Crippen LogP contribution in [0.4, 0.5) is 15.5 Å². The Morgan fingerprint density at radius 2 is 1.85 bits per heavy atom. The van der Waals surface area contributed by atoms with Crippen LogP contribution in [0.2, 0.25) is 0 Å². The first-order chi connectivity index (χ1) is 13.2. The summed E-state index contributed by atoms with van der Waals surface area (Å²) in [6, 6.07) is 16.8. The lowest BCUT2D eigenvalue weighted by atomic mass is 10.2. The molecule has 0 radical (unpaired) electrons. The summed E-state index contributed by atoms with van der Waals surface area (Å²) in [5.41, 5.74) is 0.721. The third-order valence-corrected chi connectivity index (χ3v) is 6.43. The Kier molecular flexibility index (Phi) is 5.22. The van der Waals surface area contributed by atoms with E-state index in [9.17, 15) is 9.59 Å². The summed E-state index contributed by atoms with van der Waals surface area (Å²) in [5.74, 6) is 0.0346. The zero-order valence-electron chi connectivity index (χ0n) is 14.6. The van der Waals surface area contributed by atoms with Gasteiger partial charge in [-0.1, -0.05) is 24.3 Å². The summed E-state index contributed by atoms with van der Waals surface area (Å²) in [6.45, 7) is 0.774. The first kappa shape index (κ1) is 17.8. The maximum absolute atomic E-state index is 13.0. The van der Waals surface area contributed by atoms with Gasteiger partial charge in [0.05, 0.1) is 15.9 Å². The first-order valence-electron chi connectivity index (χ1n) is 8.78. The number of carbonyl (C=O) groups is 2. The average Bonchev–Trinajstić information content (AvgIpc) is 3.42. The molecule has 1 aliphatic heterocycles. The molecule has 1 aromatic carbocycles. The number of para-hydroxylation sites is 1. The standard InChI is InChI=1S/C20H19N3O2S2/c24-19(23-12-4-8-15(23)16-9-5-13-26-16)17-10-11-18(27-17)22-20(25)21-14-6-2-1-3-7-14/h1-3,5-7,9-11,13,15H,4,8,12H2,(H2,21,22,25). The highest BCUT2D eigenvalue weighted by atomic mass is 32.1. The van der Waals surface area contributed by atoms with E-state index in [0.717, 1.165) is 25.1 Å². The maximum atomic E-state index is 13.0. The Bertz CT molecular complexity index is 922. The number of nitrogens with zero attached hydrogens (tertiary/aromatic N) is 1. The third kappa shape index (κ3) is 4.04. The smallest absolute Gasteiger partial charge is 0.324 e. The third-order valence-electron chi connectivity index (χ3n) is 4.47. The van der Waals surface area contributed by atoms with Crippen molar-refractivity contribution in [2.75, 3.05) is 17.2 Å². The summed E-state index contributed by atoms with van der Waals surface area (Å²) < 4.78 is 0. The van der Waals surface area contributed by atoms with Crippen molar-refractivity contribution in [3.8, 4) is 0 Å². The zero-order valence-corrected chi connectivity index (χ0v) is 16.2. The van der Waals surface area contributed by atoms with Gasteiger partial charge in [0.2, 0.25) is 0 Å². The van der Waals surface area contributed by atoms with E-state index in [1.54, 1.807) is 23.5 Å². The number of rotatable bonds is 4. The summed E-state index contributed by atoms with van der Waals surface area (Å²) in [7, 11) is 0. The number of benzene rings is 1. The van der Waals surface area contributed by atoms with E-state index in [1.807, 2.05) is 41.3 Å². The molecule has 1 unspecified atom stereocenters. The SMILES string of the molecule is O=C(Nc1ccccc1)Nc1ccc(C(=O)N2CCCC2c2cccs2)s1. The average molecular weight is 398 g/mol. The van der Waals surface area contributed by atoms with E-state index in [-0.39, 0.29) is 18.0 Å².